The highest BCUT2D eigenvalue weighted by Gasteiger charge is 2.08. The Morgan fingerprint density at radius 1 is 1.29 bits per heavy atom. The maximum atomic E-state index is 5.91. The number of hydrogen-bond acceptors (Lipinski definition) is 2. The lowest BCUT2D eigenvalue weighted by Crippen LogP contribution is -1.93. The van der Waals surface area contributed by atoms with Crippen LogP contribution in [0.25, 0.3) is 11.4 Å². The minimum atomic E-state index is 0.683. The zero-order valence-corrected chi connectivity index (χ0v) is 10.3. The first-order valence-electron chi connectivity index (χ1n) is 3.93. The molecule has 0 atom stereocenters. The van der Waals surface area contributed by atoms with Crippen molar-refractivity contribution in [3.63, 3.8) is 0 Å². The number of benzene rings is 1. The molecule has 0 aliphatic rings. The van der Waals surface area contributed by atoms with Crippen LogP contribution in [0.5, 0.6) is 0 Å². The molecule has 5 heteroatoms. The van der Waals surface area contributed by atoms with E-state index in [4.69, 9.17) is 5.73 Å². The van der Waals surface area contributed by atoms with Gasteiger partial charge in [-0.25, -0.2) is 4.98 Å². The van der Waals surface area contributed by atoms with Crippen LogP contribution in [-0.2, 0) is 0 Å². The van der Waals surface area contributed by atoms with Gasteiger partial charge in [-0.05, 0) is 28.1 Å². The third-order valence-electron chi connectivity index (χ3n) is 1.85. The molecule has 0 spiro atoms. The first-order valence-corrected chi connectivity index (χ1v) is 5.51. The normalized spacial score (nSPS) is 10.4. The first kappa shape index (κ1) is 9.73. The van der Waals surface area contributed by atoms with Crippen molar-refractivity contribution >= 4 is 37.5 Å². The third kappa shape index (κ3) is 1.69. The van der Waals surface area contributed by atoms with Crippen LogP contribution in [0, 0.1) is 0 Å². The molecule has 1 aromatic heterocycles. The summed E-state index contributed by atoms with van der Waals surface area (Å²) in [6.07, 6.45) is 3.47. The van der Waals surface area contributed by atoms with E-state index in [1.807, 2.05) is 12.1 Å². The fourth-order valence-corrected chi connectivity index (χ4v) is 2.42. The van der Waals surface area contributed by atoms with Crippen LogP contribution in [0.15, 0.2) is 33.5 Å². The second-order valence-corrected chi connectivity index (χ2v) is 4.56. The van der Waals surface area contributed by atoms with Gasteiger partial charge in [0.05, 0.1) is 5.69 Å². The SMILES string of the molecule is Nc1c(Br)cc(Br)cc1-c1ncc[nH]1. The molecule has 0 aliphatic heterocycles. The zero-order chi connectivity index (χ0) is 10.1. The standard InChI is InChI=1S/C9H7Br2N3/c10-5-3-6(8(12)7(11)4-5)9-13-1-2-14-9/h1-4H,12H2,(H,13,14). The molecule has 0 amide bonds. The summed E-state index contributed by atoms with van der Waals surface area (Å²) in [5.41, 5.74) is 7.48. The van der Waals surface area contributed by atoms with Crippen molar-refractivity contribution in [1.29, 1.82) is 0 Å². The number of halogens is 2. The lowest BCUT2D eigenvalue weighted by atomic mass is 10.2. The molecule has 72 valence electrons. The molecule has 3 nitrogen and oxygen atoms in total. The van der Waals surface area contributed by atoms with Crippen molar-refractivity contribution in [3.8, 4) is 11.4 Å². The minimum absolute atomic E-state index is 0.683. The number of imidazole rings is 1. The Hall–Kier alpha value is -0.810. The fourth-order valence-electron chi connectivity index (χ4n) is 1.19. The number of aromatic nitrogens is 2. The van der Waals surface area contributed by atoms with E-state index in [0.717, 1.165) is 20.3 Å². The first-order chi connectivity index (χ1) is 6.68. The van der Waals surface area contributed by atoms with Crippen LogP contribution in [0.2, 0.25) is 0 Å². The van der Waals surface area contributed by atoms with Crippen molar-refractivity contribution in [2.45, 2.75) is 0 Å². The summed E-state index contributed by atoms with van der Waals surface area (Å²) in [5.74, 6) is 0.768. The van der Waals surface area contributed by atoms with Crippen LogP contribution in [0.4, 0.5) is 5.69 Å². The Bertz CT molecular complexity index is 451. The van der Waals surface area contributed by atoms with Crippen molar-refractivity contribution in [1.82, 2.24) is 9.97 Å². The van der Waals surface area contributed by atoms with E-state index < -0.39 is 0 Å². The quantitative estimate of drug-likeness (QED) is 0.794. The van der Waals surface area contributed by atoms with Crippen molar-refractivity contribution < 1.29 is 0 Å². The van der Waals surface area contributed by atoms with Gasteiger partial charge in [-0.15, -0.1) is 0 Å². The van der Waals surface area contributed by atoms with Gasteiger partial charge in [0.25, 0.3) is 0 Å². The predicted molar refractivity (Wildman–Crippen MR) is 63.8 cm³/mol. The maximum Gasteiger partial charge on any atom is 0.139 e. The van der Waals surface area contributed by atoms with Gasteiger partial charge in [0, 0.05) is 26.9 Å². The van der Waals surface area contributed by atoms with Gasteiger partial charge in [-0.2, -0.15) is 0 Å². The number of aromatic amines is 1. The van der Waals surface area contributed by atoms with Crippen molar-refractivity contribution in [2.24, 2.45) is 0 Å². The molecule has 0 radical (unpaired) electrons. The van der Waals surface area contributed by atoms with Crippen LogP contribution in [0.3, 0.4) is 0 Å². The highest BCUT2D eigenvalue weighted by Crippen LogP contribution is 2.33. The summed E-state index contributed by atoms with van der Waals surface area (Å²) in [4.78, 5) is 7.17. The van der Waals surface area contributed by atoms with E-state index in [9.17, 15) is 0 Å². The number of nitrogens with zero attached hydrogens (tertiary/aromatic N) is 1. The summed E-state index contributed by atoms with van der Waals surface area (Å²) < 4.78 is 1.82. The molecule has 14 heavy (non-hydrogen) atoms. The maximum absolute atomic E-state index is 5.91. The van der Waals surface area contributed by atoms with Gasteiger partial charge in [-0.1, -0.05) is 15.9 Å². The largest absolute Gasteiger partial charge is 0.397 e. The number of nitrogens with one attached hydrogen (secondary N) is 1. The Morgan fingerprint density at radius 2 is 2.07 bits per heavy atom. The molecule has 1 aromatic carbocycles. The minimum Gasteiger partial charge on any atom is -0.397 e. The van der Waals surface area contributed by atoms with Crippen LogP contribution < -0.4 is 5.73 Å². The lowest BCUT2D eigenvalue weighted by Gasteiger charge is -2.05. The number of rotatable bonds is 1. The molecular formula is C9H7Br2N3. The number of nitrogens with two attached hydrogens (primary N) is 1. The highest BCUT2D eigenvalue weighted by atomic mass is 79.9. The molecule has 0 bridgehead atoms. The van der Waals surface area contributed by atoms with Crippen molar-refractivity contribution in [2.75, 3.05) is 5.73 Å². The molecule has 0 aliphatic carbocycles. The van der Waals surface area contributed by atoms with E-state index in [1.165, 1.54) is 0 Å². The van der Waals surface area contributed by atoms with E-state index in [0.29, 0.717) is 5.69 Å². The van der Waals surface area contributed by atoms with E-state index in [2.05, 4.69) is 41.8 Å². The second-order valence-electron chi connectivity index (χ2n) is 2.79. The van der Waals surface area contributed by atoms with Gasteiger partial charge < -0.3 is 10.7 Å². The Morgan fingerprint density at radius 3 is 2.71 bits per heavy atom. The lowest BCUT2D eigenvalue weighted by molar-refractivity contribution is 1.31. The monoisotopic (exact) mass is 315 g/mol. The molecule has 2 aromatic rings. The van der Waals surface area contributed by atoms with Crippen LogP contribution >= 0.6 is 31.9 Å². The van der Waals surface area contributed by atoms with Gasteiger partial charge in [-0.3, -0.25) is 0 Å². The number of H-pyrrole nitrogens is 1. The Kier molecular flexibility index (Phi) is 2.60. The fraction of sp³-hybridized carbons (Fsp3) is 0. The molecule has 0 unspecified atom stereocenters. The Balaban J connectivity index is 2.64. The average Bonchev–Trinajstić information content (AvgIpc) is 2.63. The molecule has 1 heterocycles. The van der Waals surface area contributed by atoms with Crippen LogP contribution in [-0.4, -0.2) is 9.97 Å². The number of hydrogen-bond donors (Lipinski definition) is 2. The summed E-state index contributed by atoms with van der Waals surface area (Å²) >= 11 is 6.79. The summed E-state index contributed by atoms with van der Waals surface area (Å²) in [6, 6.07) is 3.83. The van der Waals surface area contributed by atoms with E-state index >= 15 is 0 Å². The van der Waals surface area contributed by atoms with E-state index in [-0.39, 0.29) is 0 Å². The molecule has 0 saturated carbocycles. The van der Waals surface area contributed by atoms with E-state index in [1.54, 1.807) is 12.4 Å². The predicted octanol–water partition coefficient (Wildman–Crippen LogP) is 3.18. The molecule has 0 fully saturated rings. The molecule has 0 saturated heterocycles. The summed E-state index contributed by atoms with van der Waals surface area (Å²) in [6.45, 7) is 0. The summed E-state index contributed by atoms with van der Waals surface area (Å²) in [5, 5.41) is 0. The molecular weight excluding hydrogens is 310 g/mol. The zero-order valence-electron chi connectivity index (χ0n) is 7.09. The topological polar surface area (TPSA) is 54.7 Å². The molecule has 2 rings (SSSR count). The van der Waals surface area contributed by atoms with Crippen molar-refractivity contribution in [3.05, 3.63) is 33.5 Å². The molecule has 3 N–H and O–H groups in total. The summed E-state index contributed by atoms with van der Waals surface area (Å²) in [7, 11) is 0. The highest BCUT2D eigenvalue weighted by molar-refractivity contribution is 9.11. The van der Waals surface area contributed by atoms with Gasteiger partial charge in [0.1, 0.15) is 5.82 Å². The number of nitrogen functional groups attached to an aromatic ring is 1. The smallest absolute Gasteiger partial charge is 0.139 e. The Labute approximate surface area is 98.0 Å². The van der Waals surface area contributed by atoms with Gasteiger partial charge >= 0.3 is 0 Å². The van der Waals surface area contributed by atoms with Crippen LogP contribution in [0.1, 0.15) is 0 Å². The van der Waals surface area contributed by atoms with Gasteiger partial charge in [0.15, 0.2) is 0 Å². The second kappa shape index (κ2) is 3.74. The average molecular weight is 317 g/mol. The van der Waals surface area contributed by atoms with Gasteiger partial charge in [0.2, 0.25) is 0 Å². The number of anilines is 1. The third-order valence-corrected chi connectivity index (χ3v) is 2.96.